The van der Waals surface area contributed by atoms with Crippen LogP contribution in [0, 0.1) is 6.92 Å². The fourth-order valence-corrected chi connectivity index (χ4v) is 1.30. The average Bonchev–Trinajstić information content (AvgIpc) is 2.90. The van der Waals surface area contributed by atoms with Gasteiger partial charge in [0.15, 0.2) is 0 Å². The van der Waals surface area contributed by atoms with E-state index in [1.165, 1.54) is 12.3 Å². The van der Waals surface area contributed by atoms with Crippen LogP contribution in [-0.2, 0) is 4.84 Å². The van der Waals surface area contributed by atoms with Crippen molar-refractivity contribution < 1.29 is 18.8 Å². The van der Waals surface area contributed by atoms with Crippen molar-refractivity contribution in [1.82, 2.24) is 5.48 Å². The molecule has 5 heteroatoms. The van der Waals surface area contributed by atoms with Gasteiger partial charge in [-0.3, -0.25) is 4.79 Å². The average molecular weight is 245 g/mol. The van der Waals surface area contributed by atoms with Gasteiger partial charge in [-0.05, 0) is 31.2 Å². The summed E-state index contributed by atoms with van der Waals surface area (Å²) < 4.78 is 4.82. The molecule has 92 valence electrons. The van der Waals surface area contributed by atoms with Gasteiger partial charge in [0.25, 0.3) is 5.91 Å². The van der Waals surface area contributed by atoms with Crippen LogP contribution in [0.15, 0.2) is 47.1 Å². The van der Waals surface area contributed by atoms with Crippen molar-refractivity contribution in [3.63, 3.8) is 0 Å². The molecule has 0 saturated carbocycles. The van der Waals surface area contributed by atoms with Crippen molar-refractivity contribution in [1.29, 1.82) is 0 Å². The lowest BCUT2D eigenvalue weighted by molar-refractivity contribution is 0.0201. The number of furan rings is 1. The summed E-state index contributed by atoms with van der Waals surface area (Å²) in [5, 5.41) is 0. The lowest BCUT2D eigenvalue weighted by atomic mass is 10.1. The predicted octanol–water partition coefficient (Wildman–Crippen LogP) is 2.09. The molecule has 0 radical (unpaired) electrons. The Hall–Kier alpha value is -2.56. The van der Waals surface area contributed by atoms with Crippen LogP contribution in [0.4, 0.5) is 0 Å². The molecule has 0 fully saturated rings. The lowest BCUT2D eigenvalue weighted by Gasteiger charge is -2.04. The smallest absolute Gasteiger partial charge is 0.398 e. The van der Waals surface area contributed by atoms with Crippen molar-refractivity contribution in [3.8, 4) is 0 Å². The first-order valence-corrected chi connectivity index (χ1v) is 5.28. The third-order valence-corrected chi connectivity index (χ3v) is 2.27. The fourth-order valence-electron chi connectivity index (χ4n) is 1.30. The molecule has 1 amide bonds. The summed E-state index contributed by atoms with van der Waals surface area (Å²) in [6, 6.07) is 9.88. The molecule has 0 saturated heterocycles. The van der Waals surface area contributed by atoms with Gasteiger partial charge < -0.3 is 9.25 Å². The minimum atomic E-state index is -0.750. The van der Waals surface area contributed by atoms with E-state index in [0.29, 0.717) is 5.56 Å². The molecular formula is C13H11NO4. The molecule has 0 bridgehead atoms. The number of aryl methyl sites for hydroxylation is 1. The number of benzene rings is 1. The molecule has 18 heavy (non-hydrogen) atoms. The van der Waals surface area contributed by atoms with Crippen LogP contribution in [0.1, 0.15) is 26.5 Å². The molecule has 0 unspecified atom stereocenters. The van der Waals surface area contributed by atoms with Crippen LogP contribution in [-0.4, -0.2) is 11.9 Å². The van der Waals surface area contributed by atoms with E-state index >= 15 is 0 Å². The van der Waals surface area contributed by atoms with E-state index in [1.54, 1.807) is 30.3 Å². The van der Waals surface area contributed by atoms with E-state index in [2.05, 4.69) is 10.3 Å². The normalized spacial score (nSPS) is 9.83. The van der Waals surface area contributed by atoms with Crippen molar-refractivity contribution >= 4 is 11.9 Å². The molecule has 0 aliphatic carbocycles. The number of rotatable bonds is 2. The molecule has 2 rings (SSSR count). The van der Waals surface area contributed by atoms with Crippen LogP contribution in [0.5, 0.6) is 0 Å². The van der Waals surface area contributed by atoms with Gasteiger partial charge in [-0.2, -0.15) is 5.48 Å². The van der Waals surface area contributed by atoms with Gasteiger partial charge >= 0.3 is 5.97 Å². The van der Waals surface area contributed by atoms with Crippen LogP contribution in [0.3, 0.4) is 0 Å². The minimum absolute atomic E-state index is 0.0270. The van der Waals surface area contributed by atoms with Crippen molar-refractivity contribution in [2.75, 3.05) is 0 Å². The molecule has 0 aliphatic heterocycles. The molecule has 2 aromatic rings. The van der Waals surface area contributed by atoms with Crippen molar-refractivity contribution in [3.05, 3.63) is 59.5 Å². The van der Waals surface area contributed by atoms with E-state index < -0.39 is 11.9 Å². The Bertz CT molecular complexity index is 543. The Morgan fingerprint density at radius 2 is 1.89 bits per heavy atom. The number of carbonyl (C=O) groups excluding carboxylic acids is 2. The molecule has 1 aromatic carbocycles. The number of carbonyl (C=O) groups is 2. The molecular weight excluding hydrogens is 234 g/mol. The zero-order valence-corrected chi connectivity index (χ0v) is 9.67. The Labute approximate surface area is 103 Å². The zero-order valence-electron chi connectivity index (χ0n) is 9.67. The molecule has 5 nitrogen and oxygen atoms in total. The maximum absolute atomic E-state index is 11.6. The third kappa shape index (κ3) is 2.76. The molecule has 0 spiro atoms. The van der Waals surface area contributed by atoms with Gasteiger partial charge in [-0.15, -0.1) is 0 Å². The van der Waals surface area contributed by atoms with Crippen LogP contribution in [0.25, 0.3) is 0 Å². The van der Waals surface area contributed by atoms with E-state index in [1.807, 2.05) is 6.92 Å². The fraction of sp³-hybridized carbons (Fsp3) is 0.0769. The van der Waals surface area contributed by atoms with Crippen molar-refractivity contribution in [2.45, 2.75) is 6.92 Å². The van der Waals surface area contributed by atoms with Crippen LogP contribution < -0.4 is 5.48 Å². The predicted molar refractivity (Wildman–Crippen MR) is 62.8 cm³/mol. The summed E-state index contributed by atoms with van der Waals surface area (Å²) in [5.41, 5.74) is 3.51. The van der Waals surface area contributed by atoms with Crippen molar-refractivity contribution in [2.24, 2.45) is 0 Å². The monoisotopic (exact) mass is 245 g/mol. The Morgan fingerprint density at radius 3 is 2.50 bits per heavy atom. The van der Waals surface area contributed by atoms with Gasteiger partial charge in [0, 0.05) is 5.56 Å². The quantitative estimate of drug-likeness (QED) is 0.822. The maximum Gasteiger partial charge on any atom is 0.398 e. The molecule has 1 N–H and O–H groups in total. The van der Waals surface area contributed by atoms with Gasteiger partial charge in [0.05, 0.1) is 6.26 Å². The molecule has 0 atom stereocenters. The Balaban J connectivity index is 1.92. The Morgan fingerprint density at radius 1 is 1.17 bits per heavy atom. The first kappa shape index (κ1) is 11.9. The summed E-state index contributed by atoms with van der Waals surface area (Å²) in [6.45, 7) is 1.92. The number of nitrogens with one attached hydrogen (secondary N) is 1. The molecule has 1 heterocycles. The van der Waals surface area contributed by atoms with Gasteiger partial charge in [0.1, 0.15) is 0 Å². The van der Waals surface area contributed by atoms with Crippen LogP contribution >= 0.6 is 0 Å². The second-order valence-electron chi connectivity index (χ2n) is 3.66. The number of hydrogen-bond donors (Lipinski definition) is 1. The van der Waals surface area contributed by atoms with E-state index in [9.17, 15) is 9.59 Å². The summed E-state index contributed by atoms with van der Waals surface area (Å²) in [7, 11) is 0. The Kier molecular flexibility index (Phi) is 3.43. The third-order valence-electron chi connectivity index (χ3n) is 2.27. The summed E-state index contributed by atoms with van der Waals surface area (Å²) in [5.74, 6) is -1.21. The largest absolute Gasteiger partial charge is 0.457 e. The second-order valence-corrected chi connectivity index (χ2v) is 3.66. The van der Waals surface area contributed by atoms with E-state index in [-0.39, 0.29) is 5.76 Å². The van der Waals surface area contributed by atoms with Gasteiger partial charge in [-0.1, -0.05) is 17.7 Å². The highest BCUT2D eigenvalue weighted by Crippen LogP contribution is 2.04. The van der Waals surface area contributed by atoms with E-state index in [4.69, 9.17) is 4.42 Å². The topological polar surface area (TPSA) is 68.5 Å². The number of hydroxylamine groups is 1. The standard InChI is InChI=1S/C13H11NO4/c1-9-4-6-10(7-5-9)12(15)14-18-13(16)11-3-2-8-17-11/h2-8H,1H3,(H,14,15). The molecule has 1 aromatic heterocycles. The zero-order chi connectivity index (χ0) is 13.0. The number of hydrogen-bond acceptors (Lipinski definition) is 4. The van der Waals surface area contributed by atoms with Gasteiger partial charge in [-0.25, -0.2) is 4.79 Å². The first-order valence-electron chi connectivity index (χ1n) is 5.28. The maximum atomic E-state index is 11.6. The molecule has 0 aliphatic rings. The first-order chi connectivity index (χ1) is 8.66. The highest BCUT2D eigenvalue weighted by atomic mass is 16.7. The summed E-state index contributed by atoms with van der Waals surface area (Å²) >= 11 is 0. The lowest BCUT2D eigenvalue weighted by Crippen LogP contribution is -2.26. The second kappa shape index (κ2) is 5.18. The summed E-state index contributed by atoms with van der Waals surface area (Å²) in [4.78, 5) is 27.6. The SMILES string of the molecule is Cc1ccc(C(=O)NOC(=O)c2ccco2)cc1. The summed E-state index contributed by atoms with van der Waals surface area (Å²) in [6.07, 6.45) is 1.35. The van der Waals surface area contributed by atoms with Gasteiger partial charge in [0.2, 0.25) is 5.76 Å². The van der Waals surface area contributed by atoms with E-state index in [0.717, 1.165) is 5.56 Å². The van der Waals surface area contributed by atoms with Crippen LogP contribution in [0.2, 0.25) is 0 Å². The highest BCUT2D eigenvalue weighted by Gasteiger charge is 2.13. The highest BCUT2D eigenvalue weighted by molar-refractivity contribution is 5.95. The number of amides is 1. The minimum Gasteiger partial charge on any atom is -0.457 e.